The SMILES string of the molecule is CC(C)S(=O)(=O)Cl.CCN(CC)C(=O)c1ccc(C2=CC3(CCN(C(=O)C(F)(F)F)CC3)Oc3ccc(C)cc32)cc1.CCN(CC)C(=O)c1ccc(C2=CC3(CCN(C(=O)C(F)(F)F)CC3)Oc3ccc(NC(C)=O)cc32)cc1.CCN(CC)C(=O)c1ccc(C2=CC3(CCNCC3)Oc3ccc(C)cc32)cc1.CCN(CC)C(=O)c1ccc(C2=CC3(CCNCC3)Oc3ccc(NC(C)=O)cc32)cc1.CCS(=O)(=O)Cl. The number of benzene rings is 8. The Balaban J connectivity index is 0.000000179. The van der Waals surface area contributed by atoms with E-state index in [1.165, 1.54) is 45.8 Å². The number of rotatable bonds is 20. The molecule has 8 aliphatic heterocycles. The van der Waals surface area contributed by atoms with E-state index >= 15 is 0 Å². The third-order valence-electron chi connectivity index (χ3n) is 27.0. The predicted molar refractivity (Wildman–Crippen MR) is 564 cm³/mol. The Kier molecular flexibility index (Phi) is 38.8. The first kappa shape index (κ1) is 115. The molecule has 0 aliphatic carbocycles. The van der Waals surface area contributed by atoms with Gasteiger partial charge in [-0.25, -0.2) is 16.8 Å². The highest BCUT2D eigenvalue weighted by molar-refractivity contribution is 8.14. The number of nitrogens with one attached hydrogen (secondary N) is 4. The van der Waals surface area contributed by atoms with Crippen LogP contribution < -0.4 is 40.2 Å². The molecule has 8 aromatic rings. The molecule has 36 heteroatoms. The van der Waals surface area contributed by atoms with Crippen molar-refractivity contribution in [2.45, 2.75) is 195 Å². The van der Waals surface area contributed by atoms with Gasteiger partial charge in [-0.1, -0.05) is 78.7 Å². The molecule has 8 aliphatic rings. The number of hydrogen-bond donors (Lipinski definition) is 4. The molecular formula is C111H132Cl2F6N10O16S2. The van der Waals surface area contributed by atoms with Crippen molar-refractivity contribution in [2.75, 3.05) is 121 Å². The number of nitrogens with zero attached hydrogens (tertiary/aromatic N) is 6. The maximum Gasteiger partial charge on any atom is 0.471 e. The number of halogens is 8. The number of hydrogen-bond acceptors (Lipinski definition) is 18. The minimum absolute atomic E-state index is 0.00849. The monoisotopic (exact) mass is 2110 g/mol. The maximum atomic E-state index is 13.0. The molecule has 8 amide bonds. The molecule has 4 spiro atoms. The van der Waals surface area contributed by atoms with Crippen molar-refractivity contribution >= 4 is 120 Å². The lowest BCUT2D eigenvalue weighted by molar-refractivity contribution is -0.187. The fourth-order valence-electron chi connectivity index (χ4n) is 18.6. The Bertz CT molecular complexity index is 6430. The zero-order valence-electron chi connectivity index (χ0n) is 85.8. The number of carbonyl (C=O) groups excluding carboxylic acids is 8. The van der Waals surface area contributed by atoms with Crippen molar-refractivity contribution in [3.63, 3.8) is 0 Å². The van der Waals surface area contributed by atoms with Crippen LogP contribution in [0, 0.1) is 13.8 Å². The van der Waals surface area contributed by atoms with E-state index in [-0.39, 0.29) is 104 Å². The second-order valence-electron chi connectivity index (χ2n) is 37.3. The van der Waals surface area contributed by atoms with Gasteiger partial charge in [-0.15, -0.1) is 0 Å². The van der Waals surface area contributed by atoms with E-state index in [1.54, 1.807) is 52.3 Å². The van der Waals surface area contributed by atoms with Crippen LogP contribution in [0.1, 0.15) is 238 Å². The number of likely N-dealkylation sites (tertiary alicyclic amines) is 2. The number of anilines is 2. The molecule has 0 aromatic heterocycles. The molecule has 8 aromatic carbocycles. The molecule has 0 bridgehead atoms. The van der Waals surface area contributed by atoms with Crippen LogP contribution >= 0.6 is 21.4 Å². The summed E-state index contributed by atoms with van der Waals surface area (Å²) in [6, 6.07) is 53.7. The molecule has 0 unspecified atom stereocenters. The van der Waals surface area contributed by atoms with Crippen LogP contribution in [-0.4, -0.2) is 244 Å². The Morgan fingerprint density at radius 1 is 0.367 bits per heavy atom. The second kappa shape index (κ2) is 49.7. The average Bonchev–Trinajstić information content (AvgIpc) is 0.759. The van der Waals surface area contributed by atoms with Crippen LogP contribution in [0.2, 0.25) is 0 Å². The molecule has 0 atom stereocenters. The van der Waals surface area contributed by atoms with E-state index < -0.39 is 58.7 Å². The Labute approximate surface area is 866 Å². The fourth-order valence-corrected chi connectivity index (χ4v) is 18.6. The summed E-state index contributed by atoms with van der Waals surface area (Å²) in [5, 5.41) is 12.0. The standard InChI is InChI=1S/C28H30F3N3O4.C27H29F3N2O3.C26H31N3O3.C25H30N2O2.C3H7ClO2S.C2H5ClO2S/c1-4-33(5-2)25(36)20-8-6-19(7-9-20)23-17-27(12-14-34(15-13-27)26(37)28(29,30)31)38-24-11-10-21(16-22(23)24)32-18(3)35;1-4-31(5-2)24(33)20-9-7-19(8-10-20)22-17-26(35-23-11-6-18(3)16-21(22)23)12-14-32(15-13-26)25(34)27(28,29)30;1-4-29(5-2)25(31)20-8-6-19(7-9-20)23-17-26(12-14-27-15-13-26)32-24-11-10-21(16-22(23)24)28-18(3)30;1-4-27(5-2)24(28)20-9-7-19(8-10-20)22-17-25(12-14-26-15-13-25)29-23-11-6-18(3)16-21(22)23;1-3(2)7(4,5)6;1-2-6(3,4)5/h6-11,16-17H,4-5,12-15H2,1-3H3,(H,32,35);6-11,16-17H,4-5,12-15H2,1-3H3;6-11,16-17,27H,4-5,12-15H2,1-3H3,(H,28,30);6-11,16-17,26H,4-5,12-15H2,1-3H3;3H,1-2H3;2H2,1H3. The lowest BCUT2D eigenvalue weighted by Crippen LogP contribution is -2.52. The van der Waals surface area contributed by atoms with Crippen molar-refractivity contribution in [1.82, 2.24) is 40.0 Å². The van der Waals surface area contributed by atoms with E-state index in [2.05, 4.69) is 81.4 Å². The van der Waals surface area contributed by atoms with Gasteiger partial charge in [-0.05, 0) is 287 Å². The number of alkyl halides is 6. The first-order valence-electron chi connectivity index (χ1n) is 49.8. The zero-order valence-corrected chi connectivity index (χ0v) is 88.9. The number of carbonyl (C=O) groups is 8. The quantitative estimate of drug-likeness (QED) is 0.0407. The molecule has 4 N–H and O–H groups in total. The van der Waals surface area contributed by atoms with Crippen molar-refractivity contribution < 1.29 is 100 Å². The molecule has 26 nitrogen and oxygen atoms in total. The molecule has 4 fully saturated rings. The van der Waals surface area contributed by atoms with Crippen LogP contribution in [0.15, 0.2) is 194 Å². The number of fused-ring (bicyclic) bond motifs is 4. The molecular weight excluding hydrogens is 1980 g/mol. The first-order valence-corrected chi connectivity index (χ1v) is 54.7. The summed E-state index contributed by atoms with van der Waals surface area (Å²) in [4.78, 5) is 106. The van der Waals surface area contributed by atoms with E-state index in [1.807, 2.05) is 181 Å². The van der Waals surface area contributed by atoms with Crippen LogP contribution in [0.4, 0.5) is 37.7 Å². The van der Waals surface area contributed by atoms with Crippen LogP contribution in [0.3, 0.4) is 0 Å². The van der Waals surface area contributed by atoms with Crippen LogP contribution in [0.25, 0.3) is 22.3 Å². The summed E-state index contributed by atoms with van der Waals surface area (Å²) in [6.45, 7) is 36.0. The number of aryl methyl sites for hydroxylation is 2. The topological polar surface area (TPSA) is 309 Å². The normalized spacial score (nSPS) is 16.3. The summed E-state index contributed by atoms with van der Waals surface area (Å²) in [7, 11) is 3.07. The Hall–Kier alpha value is -12.3. The highest BCUT2D eigenvalue weighted by atomic mass is 35.7. The number of piperidine rings is 4. The van der Waals surface area contributed by atoms with E-state index in [4.69, 9.17) is 29.6 Å². The van der Waals surface area contributed by atoms with Crippen LogP contribution in [0.5, 0.6) is 23.0 Å². The predicted octanol–water partition coefficient (Wildman–Crippen LogP) is 20.1. The first-order chi connectivity index (χ1) is 69.5. The van der Waals surface area contributed by atoms with Crippen molar-refractivity contribution in [3.8, 4) is 23.0 Å². The second-order valence-corrected chi connectivity index (χ2v) is 43.6. The molecule has 8 heterocycles. The Morgan fingerprint density at radius 3 is 0.789 bits per heavy atom. The zero-order chi connectivity index (χ0) is 107. The number of amides is 8. The molecule has 147 heavy (non-hydrogen) atoms. The largest absolute Gasteiger partial charge is 0.482 e. The average molecular weight is 2110 g/mol. The smallest absolute Gasteiger partial charge is 0.471 e. The summed E-state index contributed by atoms with van der Waals surface area (Å²) >= 11 is 0. The fraction of sp³-hybridized carbons (Fsp3) is 0.423. The number of ether oxygens (including phenoxy) is 4. The highest BCUT2D eigenvalue weighted by Crippen LogP contribution is 2.50. The van der Waals surface area contributed by atoms with Gasteiger partial charge in [0.2, 0.25) is 29.9 Å². The van der Waals surface area contributed by atoms with Gasteiger partial charge in [0.05, 0.1) is 11.0 Å². The van der Waals surface area contributed by atoms with Crippen LogP contribution in [-0.2, 0) is 37.3 Å². The van der Waals surface area contributed by atoms with Gasteiger partial charge >= 0.3 is 24.2 Å². The molecule has 0 saturated carbocycles. The molecule has 4 saturated heterocycles. The molecule has 790 valence electrons. The molecule has 0 radical (unpaired) electrons. The van der Waals surface area contributed by atoms with Gasteiger partial charge in [-0.2, -0.15) is 26.3 Å². The summed E-state index contributed by atoms with van der Waals surface area (Å²) in [5.74, 6) is -0.995. The van der Waals surface area contributed by atoms with E-state index in [0.717, 1.165) is 159 Å². The van der Waals surface area contributed by atoms with Crippen molar-refractivity contribution in [3.05, 3.63) is 272 Å². The van der Waals surface area contributed by atoms with E-state index in [0.29, 0.717) is 78.7 Å². The van der Waals surface area contributed by atoms with Gasteiger partial charge in [-0.3, -0.25) is 38.4 Å². The van der Waals surface area contributed by atoms with Gasteiger partial charge in [0.1, 0.15) is 45.4 Å². The Morgan fingerprint density at radius 2 is 0.585 bits per heavy atom. The van der Waals surface area contributed by atoms with Gasteiger partial charge in [0.15, 0.2) is 0 Å². The van der Waals surface area contributed by atoms with E-state index in [9.17, 15) is 81.5 Å². The lowest BCUT2D eigenvalue weighted by Gasteiger charge is -2.43. The minimum atomic E-state index is -4.92. The lowest BCUT2D eigenvalue weighted by atomic mass is 9.82. The van der Waals surface area contributed by atoms with Gasteiger partial charge in [0, 0.05) is 221 Å². The third-order valence-corrected chi connectivity index (χ3v) is 30.5. The summed E-state index contributed by atoms with van der Waals surface area (Å²) < 4.78 is 143. The van der Waals surface area contributed by atoms with Gasteiger partial charge < -0.3 is 69.6 Å². The highest BCUT2D eigenvalue weighted by Gasteiger charge is 2.50. The summed E-state index contributed by atoms with van der Waals surface area (Å²) in [6.07, 6.45) is 3.19. The minimum Gasteiger partial charge on any atom is -0.482 e. The molecule has 16 rings (SSSR count). The summed E-state index contributed by atoms with van der Waals surface area (Å²) in [5.41, 5.74) is 15.3. The maximum absolute atomic E-state index is 13.0. The van der Waals surface area contributed by atoms with Gasteiger partial charge in [0.25, 0.3) is 23.6 Å². The van der Waals surface area contributed by atoms with Crippen molar-refractivity contribution in [1.29, 1.82) is 0 Å². The van der Waals surface area contributed by atoms with Crippen molar-refractivity contribution in [2.24, 2.45) is 0 Å². The third kappa shape index (κ3) is 29.4.